The van der Waals surface area contributed by atoms with E-state index >= 15 is 0 Å². The molecule has 0 aromatic heterocycles. The van der Waals surface area contributed by atoms with Gasteiger partial charge in [0.2, 0.25) is 5.91 Å². The zero-order valence-electron chi connectivity index (χ0n) is 15.9. The Bertz CT molecular complexity index is 996. The smallest absolute Gasteiger partial charge is 0.311 e. The first-order valence-corrected chi connectivity index (χ1v) is 9.26. The fourth-order valence-corrected chi connectivity index (χ4v) is 2.91. The number of carbonyl (C=O) groups excluding carboxylic acids is 2. The van der Waals surface area contributed by atoms with E-state index in [1.54, 1.807) is 12.1 Å². The molecular formula is C19H18ClN3O7. The number of fused-ring (bicyclic) bond motifs is 1. The number of methoxy groups -OCH3 is 1. The first kappa shape index (κ1) is 21.2. The van der Waals surface area contributed by atoms with Gasteiger partial charge >= 0.3 is 5.69 Å². The van der Waals surface area contributed by atoms with Crippen molar-refractivity contribution in [2.75, 3.05) is 32.2 Å². The zero-order valence-corrected chi connectivity index (χ0v) is 16.7. The van der Waals surface area contributed by atoms with Crippen molar-refractivity contribution in [1.29, 1.82) is 0 Å². The summed E-state index contributed by atoms with van der Waals surface area (Å²) in [5, 5.41) is 16.3. The van der Waals surface area contributed by atoms with Crippen molar-refractivity contribution < 1.29 is 28.7 Å². The van der Waals surface area contributed by atoms with Crippen molar-refractivity contribution >= 4 is 34.8 Å². The van der Waals surface area contributed by atoms with E-state index in [0.29, 0.717) is 30.4 Å². The number of carbonyl (C=O) groups is 2. The molecule has 0 saturated heterocycles. The van der Waals surface area contributed by atoms with Crippen molar-refractivity contribution in [2.24, 2.45) is 0 Å². The van der Waals surface area contributed by atoms with Gasteiger partial charge < -0.3 is 24.8 Å². The number of anilines is 1. The summed E-state index contributed by atoms with van der Waals surface area (Å²) in [4.78, 5) is 34.9. The van der Waals surface area contributed by atoms with Crippen LogP contribution in [0.5, 0.6) is 17.2 Å². The minimum atomic E-state index is -0.658. The van der Waals surface area contributed by atoms with E-state index in [1.165, 1.54) is 19.2 Å². The molecule has 0 bridgehead atoms. The van der Waals surface area contributed by atoms with Crippen LogP contribution in [-0.2, 0) is 4.79 Å². The molecule has 2 aromatic carbocycles. The maximum atomic E-state index is 12.3. The highest BCUT2D eigenvalue weighted by atomic mass is 35.5. The lowest BCUT2D eigenvalue weighted by molar-refractivity contribution is -0.385. The molecule has 11 heteroatoms. The summed E-state index contributed by atoms with van der Waals surface area (Å²) < 4.78 is 16.0. The fourth-order valence-electron chi connectivity index (χ4n) is 2.71. The Kier molecular flexibility index (Phi) is 6.58. The first-order chi connectivity index (χ1) is 14.4. The largest absolute Gasteiger partial charge is 0.490 e. The molecule has 10 nitrogen and oxygen atoms in total. The quantitative estimate of drug-likeness (QED) is 0.527. The standard InChI is InChI=1S/C19H18ClN3O7/c1-28-15-4-3-11(7-14(15)23(26)27)19(25)21-10-18(24)22-13-9-17-16(8-12(13)20)29-5-2-6-30-17/h3-4,7-9H,2,5-6,10H2,1H3,(H,21,25)(H,22,24). The van der Waals surface area contributed by atoms with Crippen LogP contribution >= 0.6 is 11.6 Å². The van der Waals surface area contributed by atoms with Crippen molar-refractivity contribution in [3.8, 4) is 17.2 Å². The molecule has 2 amide bonds. The van der Waals surface area contributed by atoms with E-state index in [-0.39, 0.29) is 28.6 Å². The molecule has 1 aliphatic rings. The summed E-state index contributed by atoms with van der Waals surface area (Å²) in [5.74, 6) is -0.214. The van der Waals surface area contributed by atoms with Gasteiger partial charge in [-0.1, -0.05) is 11.6 Å². The normalized spacial score (nSPS) is 12.5. The third kappa shape index (κ3) is 4.90. The maximum Gasteiger partial charge on any atom is 0.311 e. The van der Waals surface area contributed by atoms with Gasteiger partial charge in [-0.2, -0.15) is 0 Å². The molecular weight excluding hydrogens is 418 g/mol. The summed E-state index contributed by atoms with van der Waals surface area (Å²) in [5.41, 5.74) is -0.0299. The van der Waals surface area contributed by atoms with E-state index in [1.807, 2.05) is 0 Å². The molecule has 0 fully saturated rings. The third-order valence-corrected chi connectivity index (χ3v) is 4.47. The van der Waals surface area contributed by atoms with Crippen molar-refractivity contribution in [3.63, 3.8) is 0 Å². The Balaban J connectivity index is 1.64. The molecule has 0 atom stereocenters. The molecule has 0 aliphatic carbocycles. The molecule has 30 heavy (non-hydrogen) atoms. The average Bonchev–Trinajstić information content (AvgIpc) is 2.96. The molecule has 0 radical (unpaired) electrons. The lowest BCUT2D eigenvalue weighted by Gasteiger charge is -2.13. The van der Waals surface area contributed by atoms with Gasteiger partial charge in [0.15, 0.2) is 17.2 Å². The van der Waals surface area contributed by atoms with Crippen LogP contribution in [0.1, 0.15) is 16.8 Å². The van der Waals surface area contributed by atoms with Gasteiger partial charge in [0, 0.05) is 30.2 Å². The van der Waals surface area contributed by atoms with Crippen LogP contribution in [0.3, 0.4) is 0 Å². The summed E-state index contributed by atoms with van der Waals surface area (Å²) in [6, 6.07) is 6.85. The molecule has 2 aromatic rings. The highest BCUT2D eigenvalue weighted by Crippen LogP contribution is 2.37. The SMILES string of the molecule is COc1ccc(C(=O)NCC(=O)Nc2cc3c(cc2Cl)OCCCO3)cc1[N+](=O)[O-]. The van der Waals surface area contributed by atoms with E-state index in [2.05, 4.69) is 10.6 Å². The Morgan fingerprint density at radius 3 is 2.57 bits per heavy atom. The minimum absolute atomic E-state index is 0.0175. The van der Waals surface area contributed by atoms with Crippen LogP contribution in [0, 0.1) is 10.1 Å². The van der Waals surface area contributed by atoms with Crippen molar-refractivity contribution in [2.45, 2.75) is 6.42 Å². The van der Waals surface area contributed by atoms with E-state index in [0.717, 1.165) is 12.5 Å². The fraction of sp³-hybridized carbons (Fsp3) is 0.263. The van der Waals surface area contributed by atoms with Crippen molar-refractivity contribution in [3.05, 3.63) is 51.0 Å². The lowest BCUT2D eigenvalue weighted by Crippen LogP contribution is -2.33. The number of benzene rings is 2. The van der Waals surface area contributed by atoms with Crippen LogP contribution in [-0.4, -0.2) is 43.6 Å². The summed E-state index contributed by atoms with van der Waals surface area (Å²) in [6.45, 7) is 0.611. The van der Waals surface area contributed by atoms with Crippen molar-refractivity contribution in [1.82, 2.24) is 5.32 Å². The van der Waals surface area contributed by atoms with Crippen LogP contribution in [0.25, 0.3) is 0 Å². The minimum Gasteiger partial charge on any atom is -0.490 e. The molecule has 0 spiro atoms. The van der Waals surface area contributed by atoms with Gasteiger partial charge in [0.05, 0.1) is 42.5 Å². The molecule has 158 valence electrons. The number of halogens is 1. The number of nitro groups is 1. The van der Waals surface area contributed by atoms with Crippen LogP contribution < -0.4 is 24.8 Å². The topological polar surface area (TPSA) is 129 Å². The van der Waals surface area contributed by atoms with Gasteiger partial charge in [-0.15, -0.1) is 0 Å². The Hall–Kier alpha value is -3.53. The van der Waals surface area contributed by atoms with Gasteiger partial charge in [0.1, 0.15) is 0 Å². The molecule has 0 unspecified atom stereocenters. The number of hydrogen-bond acceptors (Lipinski definition) is 7. The summed E-state index contributed by atoms with van der Waals surface area (Å²) in [7, 11) is 1.29. The first-order valence-electron chi connectivity index (χ1n) is 8.88. The van der Waals surface area contributed by atoms with Gasteiger partial charge in [0.25, 0.3) is 5.91 Å². The van der Waals surface area contributed by atoms with E-state index < -0.39 is 16.7 Å². The number of rotatable bonds is 6. The van der Waals surface area contributed by atoms with Crippen LogP contribution in [0.15, 0.2) is 30.3 Å². The molecule has 1 heterocycles. The number of nitrogens with zero attached hydrogens (tertiary/aromatic N) is 1. The van der Waals surface area contributed by atoms with Crippen LogP contribution in [0.2, 0.25) is 5.02 Å². The molecule has 2 N–H and O–H groups in total. The number of amides is 2. The Morgan fingerprint density at radius 2 is 1.90 bits per heavy atom. The summed E-state index contributed by atoms with van der Waals surface area (Å²) in [6.07, 6.45) is 0.726. The van der Waals surface area contributed by atoms with E-state index in [4.69, 9.17) is 25.8 Å². The molecule has 1 aliphatic heterocycles. The predicted octanol–water partition coefficient (Wildman–Crippen LogP) is 2.79. The molecule has 0 saturated carbocycles. The average molecular weight is 436 g/mol. The second-order valence-corrected chi connectivity index (χ2v) is 6.61. The zero-order chi connectivity index (χ0) is 21.7. The van der Waals surface area contributed by atoms with Gasteiger partial charge in [-0.3, -0.25) is 19.7 Å². The van der Waals surface area contributed by atoms with Gasteiger partial charge in [-0.25, -0.2) is 0 Å². The predicted molar refractivity (Wildman–Crippen MR) is 108 cm³/mol. The van der Waals surface area contributed by atoms with Gasteiger partial charge in [-0.05, 0) is 12.1 Å². The maximum absolute atomic E-state index is 12.3. The number of nitrogens with one attached hydrogen (secondary N) is 2. The Labute approximate surface area is 176 Å². The second kappa shape index (κ2) is 9.31. The third-order valence-electron chi connectivity index (χ3n) is 4.16. The summed E-state index contributed by atoms with van der Waals surface area (Å²) >= 11 is 6.18. The van der Waals surface area contributed by atoms with Crippen LogP contribution in [0.4, 0.5) is 11.4 Å². The highest BCUT2D eigenvalue weighted by molar-refractivity contribution is 6.34. The highest BCUT2D eigenvalue weighted by Gasteiger charge is 2.19. The van der Waals surface area contributed by atoms with E-state index in [9.17, 15) is 19.7 Å². The second-order valence-electron chi connectivity index (χ2n) is 6.20. The lowest BCUT2D eigenvalue weighted by atomic mass is 10.1. The number of nitro benzene ring substituents is 1. The monoisotopic (exact) mass is 435 g/mol. The Morgan fingerprint density at radius 1 is 1.20 bits per heavy atom. The molecule has 3 rings (SSSR count). The number of hydrogen-bond donors (Lipinski definition) is 2. The number of ether oxygens (including phenoxy) is 3.